The van der Waals surface area contributed by atoms with Gasteiger partial charge in [-0.2, -0.15) is 0 Å². The number of thioether (sulfide) groups is 1. The Morgan fingerprint density at radius 3 is 2.15 bits per heavy atom. The van der Waals surface area contributed by atoms with Gasteiger partial charge in [-0.3, -0.25) is 0 Å². The average molecular weight is 388 g/mol. The highest BCUT2D eigenvalue weighted by Crippen LogP contribution is 2.40. The zero-order valence-electron chi connectivity index (χ0n) is 17.2. The van der Waals surface area contributed by atoms with Crippen molar-refractivity contribution in [3.63, 3.8) is 0 Å². The Morgan fingerprint density at radius 2 is 1.58 bits per heavy atom. The van der Waals surface area contributed by atoms with E-state index in [1.807, 2.05) is 11.8 Å². The van der Waals surface area contributed by atoms with Gasteiger partial charge in [0.15, 0.2) is 0 Å². The Hall–Kier alpha value is -1.06. The van der Waals surface area contributed by atoms with E-state index in [1.165, 1.54) is 22.4 Å². The Labute approximate surface area is 169 Å². The third-order valence-electron chi connectivity index (χ3n) is 4.40. The third-order valence-corrected chi connectivity index (χ3v) is 6.16. The van der Waals surface area contributed by atoms with Crippen molar-refractivity contribution in [3.05, 3.63) is 47.5 Å². The lowest BCUT2D eigenvalue weighted by atomic mass is 9.80. The SMILES string of the molecule is CCCSc1ccccc1Nc1cc(C(C)(C)C)cc(C(C)(C)C)c1S. The van der Waals surface area contributed by atoms with Crippen LogP contribution < -0.4 is 5.32 Å². The average Bonchev–Trinajstić information content (AvgIpc) is 2.53. The number of para-hydroxylation sites is 1. The number of nitrogens with one attached hydrogen (secondary N) is 1. The maximum atomic E-state index is 4.91. The van der Waals surface area contributed by atoms with Crippen LogP contribution in [-0.2, 0) is 10.8 Å². The van der Waals surface area contributed by atoms with Crippen LogP contribution in [0.15, 0.2) is 46.2 Å². The molecule has 0 aliphatic carbocycles. The lowest BCUT2D eigenvalue weighted by molar-refractivity contribution is 0.560. The van der Waals surface area contributed by atoms with Gasteiger partial charge < -0.3 is 5.32 Å². The zero-order valence-corrected chi connectivity index (χ0v) is 18.9. The van der Waals surface area contributed by atoms with Crippen molar-refractivity contribution in [1.82, 2.24) is 0 Å². The Kier molecular flexibility index (Phi) is 6.79. The number of anilines is 2. The summed E-state index contributed by atoms with van der Waals surface area (Å²) in [5, 5.41) is 3.68. The predicted molar refractivity (Wildman–Crippen MR) is 122 cm³/mol. The smallest absolute Gasteiger partial charge is 0.0526 e. The second kappa shape index (κ2) is 8.31. The highest BCUT2D eigenvalue weighted by atomic mass is 32.2. The maximum absolute atomic E-state index is 4.91. The molecular weight excluding hydrogens is 354 g/mol. The summed E-state index contributed by atoms with van der Waals surface area (Å²) >= 11 is 6.82. The van der Waals surface area contributed by atoms with E-state index in [0.29, 0.717) is 0 Å². The van der Waals surface area contributed by atoms with Crippen LogP contribution in [0.1, 0.15) is 66.0 Å². The minimum Gasteiger partial charge on any atom is -0.354 e. The van der Waals surface area contributed by atoms with Crippen LogP contribution in [0.25, 0.3) is 0 Å². The van der Waals surface area contributed by atoms with Gasteiger partial charge in [-0.25, -0.2) is 0 Å². The molecule has 0 fully saturated rings. The Bertz CT molecular complexity index is 752. The van der Waals surface area contributed by atoms with Gasteiger partial charge in [0, 0.05) is 9.79 Å². The van der Waals surface area contributed by atoms with Gasteiger partial charge >= 0.3 is 0 Å². The number of thiol groups is 1. The molecular formula is C23H33NS2. The summed E-state index contributed by atoms with van der Waals surface area (Å²) in [5.41, 5.74) is 5.01. The molecule has 0 atom stereocenters. The number of benzene rings is 2. The molecule has 0 aliphatic heterocycles. The first-order valence-electron chi connectivity index (χ1n) is 9.41. The van der Waals surface area contributed by atoms with Crippen molar-refractivity contribution in [1.29, 1.82) is 0 Å². The minimum absolute atomic E-state index is 0.0469. The van der Waals surface area contributed by atoms with Gasteiger partial charge in [-0.15, -0.1) is 24.4 Å². The van der Waals surface area contributed by atoms with Gasteiger partial charge in [0.1, 0.15) is 0 Å². The topological polar surface area (TPSA) is 12.0 Å². The van der Waals surface area contributed by atoms with Gasteiger partial charge in [-0.05, 0) is 52.3 Å². The Balaban J connectivity index is 2.53. The molecule has 0 aromatic heterocycles. The molecule has 2 aromatic rings. The zero-order chi connectivity index (χ0) is 19.5. The van der Waals surface area contributed by atoms with Crippen LogP contribution in [0, 0.1) is 0 Å². The summed E-state index contributed by atoms with van der Waals surface area (Å²) in [6.45, 7) is 15.8. The van der Waals surface area contributed by atoms with Gasteiger partial charge in [0.25, 0.3) is 0 Å². The van der Waals surface area contributed by atoms with Crippen molar-refractivity contribution < 1.29 is 0 Å². The summed E-state index contributed by atoms with van der Waals surface area (Å²) in [6, 6.07) is 13.1. The van der Waals surface area contributed by atoms with Crippen LogP contribution in [-0.4, -0.2) is 5.75 Å². The molecule has 0 aliphatic rings. The molecule has 0 radical (unpaired) electrons. The van der Waals surface area contributed by atoms with E-state index >= 15 is 0 Å². The summed E-state index contributed by atoms with van der Waals surface area (Å²) in [5.74, 6) is 1.13. The molecule has 0 spiro atoms. The first kappa shape index (κ1) is 21.2. The molecule has 3 heteroatoms. The second-order valence-corrected chi connectivity index (χ2v) is 10.5. The molecule has 0 heterocycles. The molecule has 0 amide bonds. The predicted octanol–water partition coefficient (Wildman–Crippen LogP) is 7.82. The lowest BCUT2D eigenvalue weighted by Crippen LogP contribution is -2.18. The summed E-state index contributed by atoms with van der Waals surface area (Å²) in [6.07, 6.45) is 1.17. The molecule has 1 N–H and O–H groups in total. The van der Waals surface area contributed by atoms with Crippen LogP contribution in [0.2, 0.25) is 0 Å². The first-order valence-corrected chi connectivity index (χ1v) is 10.8. The van der Waals surface area contributed by atoms with E-state index in [9.17, 15) is 0 Å². The van der Waals surface area contributed by atoms with Crippen molar-refractivity contribution in [2.45, 2.75) is 75.5 Å². The highest BCUT2D eigenvalue weighted by molar-refractivity contribution is 7.99. The molecule has 1 nitrogen and oxygen atoms in total. The van der Waals surface area contributed by atoms with Crippen molar-refractivity contribution in [2.75, 3.05) is 11.1 Å². The lowest BCUT2D eigenvalue weighted by Gasteiger charge is -2.28. The first-order chi connectivity index (χ1) is 12.0. The molecule has 142 valence electrons. The van der Waals surface area contributed by atoms with Crippen molar-refractivity contribution in [3.8, 4) is 0 Å². The Morgan fingerprint density at radius 1 is 0.923 bits per heavy atom. The number of hydrogen-bond donors (Lipinski definition) is 2. The van der Waals surface area contributed by atoms with Crippen LogP contribution in [0.3, 0.4) is 0 Å². The quantitative estimate of drug-likeness (QED) is 0.400. The van der Waals surface area contributed by atoms with Crippen molar-refractivity contribution in [2.24, 2.45) is 0 Å². The van der Waals surface area contributed by atoms with Crippen LogP contribution in [0.4, 0.5) is 11.4 Å². The molecule has 0 saturated carbocycles. The van der Waals surface area contributed by atoms with E-state index in [4.69, 9.17) is 12.6 Å². The number of hydrogen-bond acceptors (Lipinski definition) is 3. The standard InChI is InChI=1S/C23H33NS2/c1-8-13-26-20-12-10-9-11-18(20)24-19-15-16(22(2,3)4)14-17(21(19)25)23(5,6)7/h9-12,14-15,24-25H,8,13H2,1-7H3. The minimum atomic E-state index is 0.0469. The third kappa shape index (κ3) is 5.23. The van der Waals surface area contributed by atoms with Gasteiger partial charge in [-0.1, -0.05) is 66.7 Å². The monoisotopic (exact) mass is 387 g/mol. The molecule has 0 saturated heterocycles. The van der Waals surface area contributed by atoms with Gasteiger partial charge in [0.05, 0.1) is 11.4 Å². The van der Waals surface area contributed by atoms with E-state index in [2.05, 4.69) is 90.2 Å². The van der Waals surface area contributed by atoms with E-state index < -0.39 is 0 Å². The van der Waals surface area contributed by atoms with Crippen LogP contribution >= 0.6 is 24.4 Å². The van der Waals surface area contributed by atoms with Gasteiger partial charge in [0.2, 0.25) is 0 Å². The van der Waals surface area contributed by atoms with E-state index in [0.717, 1.165) is 22.0 Å². The summed E-state index contributed by atoms with van der Waals surface area (Å²) < 4.78 is 0. The normalized spacial score (nSPS) is 12.3. The van der Waals surface area contributed by atoms with Crippen LogP contribution in [0.5, 0.6) is 0 Å². The molecule has 26 heavy (non-hydrogen) atoms. The summed E-state index contributed by atoms with van der Waals surface area (Å²) in [7, 11) is 0. The summed E-state index contributed by atoms with van der Waals surface area (Å²) in [4.78, 5) is 2.33. The fourth-order valence-electron chi connectivity index (χ4n) is 2.79. The van der Waals surface area contributed by atoms with Crippen molar-refractivity contribution >= 4 is 35.8 Å². The largest absolute Gasteiger partial charge is 0.354 e. The highest BCUT2D eigenvalue weighted by Gasteiger charge is 2.24. The maximum Gasteiger partial charge on any atom is 0.0526 e. The van der Waals surface area contributed by atoms with E-state index in [-0.39, 0.29) is 10.8 Å². The second-order valence-electron chi connectivity index (χ2n) is 8.89. The molecule has 0 bridgehead atoms. The molecule has 2 rings (SSSR count). The molecule has 0 unspecified atom stereocenters. The number of rotatable bonds is 5. The van der Waals surface area contributed by atoms with E-state index in [1.54, 1.807) is 0 Å². The molecule has 2 aromatic carbocycles. The fourth-order valence-corrected chi connectivity index (χ4v) is 4.18. The fraction of sp³-hybridized carbons (Fsp3) is 0.478.